The minimum Gasteiger partial charge on any atom is -0.314 e. The van der Waals surface area contributed by atoms with Crippen molar-refractivity contribution < 1.29 is 14.0 Å². The molecule has 0 unspecified atom stereocenters. The topological polar surface area (TPSA) is 69.4 Å². The first kappa shape index (κ1) is 28.0. The van der Waals surface area contributed by atoms with Gasteiger partial charge in [0, 0.05) is 11.5 Å². The SMILES string of the molecule is CCCSP(=O)(OCC)SCCC.O=[N+]([O-])c1c(Cl)c(Cl)c(Cl)c(Cl)c1Cl. The molecular formula is C14H19Cl5NO4PS2. The van der Waals surface area contributed by atoms with E-state index >= 15 is 0 Å². The maximum atomic E-state index is 12.0. The third kappa shape index (κ3) is 9.10. The molecule has 0 aromatic heterocycles. The summed E-state index contributed by atoms with van der Waals surface area (Å²) in [5.41, 5.74) is -0.548. The van der Waals surface area contributed by atoms with Crippen LogP contribution in [0, 0.1) is 10.1 Å². The Hall–Kier alpha value is 0.960. The fourth-order valence-corrected chi connectivity index (χ4v) is 9.80. The molecule has 13 heteroatoms. The first-order valence-corrected chi connectivity index (χ1v) is 14.4. The van der Waals surface area contributed by atoms with Gasteiger partial charge in [-0.2, -0.15) is 0 Å². The zero-order valence-corrected chi connectivity index (χ0v) is 21.1. The molecule has 27 heavy (non-hydrogen) atoms. The lowest BCUT2D eigenvalue weighted by molar-refractivity contribution is -0.384. The molecule has 156 valence electrons. The van der Waals surface area contributed by atoms with E-state index in [4.69, 9.17) is 62.5 Å². The third-order valence-corrected chi connectivity index (χ3v) is 12.7. The summed E-state index contributed by atoms with van der Waals surface area (Å²) in [6.07, 6.45) is 2.10. The van der Waals surface area contributed by atoms with E-state index in [1.165, 1.54) is 22.8 Å². The Balaban J connectivity index is 0.000000503. The highest BCUT2D eigenvalue weighted by molar-refractivity contribution is 8.89. The van der Waals surface area contributed by atoms with E-state index in [0.717, 1.165) is 24.3 Å². The Morgan fingerprint density at radius 3 is 1.56 bits per heavy atom. The summed E-state index contributed by atoms with van der Waals surface area (Å²) >= 11 is 30.9. The van der Waals surface area contributed by atoms with E-state index < -0.39 is 16.4 Å². The van der Waals surface area contributed by atoms with Crippen LogP contribution in [0.4, 0.5) is 5.69 Å². The average Bonchev–Trinajstić information content (AvgIpc) is 2.62. The van der Waals surface area contributed by atoms with Crippen LogP contribution < -0.4 is 0 Å². The van der Waals surface area contributed by atoms with Gasteiger partial charge in [-0.25, -0.2) is 0 Å². The number of nitro benzene ring substituents is 1. The van der Waals surface area contributed by atoms with Gasteiger partial charge in [0.05, 0.1) is 26.6 Å². The quantitative estimate of drug-likeness (QED) is 0.103. The van der Waals surface area contributed by atoms with E-state index in [9.17, 15) is 14.7 Å². The molecule has 1 aromatic carbocycles. The van der Waals surface area contributed by atoms with Gasteiger partial charge >= 0.3 is 11.5 Å². The van der Waals surface area contributed by atoms with Crippen molar-refractivity contribution in [2.45, 2.75) is 33.6 Å². The summed E-state index contributed by atoms with van der Waals surface area (Å²) in [6, 6.07) is 0. The van der Waals surface area contributed by atoms with Crippen molar-refractivity contribution in [3.05, 3.63) is 35.2 Å². The Bertz CT molecular complexity index is 655. The largest absolute Gasteiger partial charge is 0.314 e. The average molecular weight is 538 g/mol. The highest BCUT2D eigenvalue weighted by atomic mass is 35.5. The van der Waals surface area contributed by atoms with E-state index in [2.05, 4.69) is 13.8 Å². The second-order valence-corrected chi connectivity index (χ2v) is 14.2. The number of hydrogen-bond acceptors (Lipinski definition) is 6. The van der Waals surface area contributed by atoms with Gasteiger partial charge in [-0.05, 0) is 19.8 Å². The second kappa shape index (κ2) is 14.1. The van der Waals surface area contributed by atoms with Crippen molar-refractivity contribution in [1.29, 1.82) is 0 Å². The third-order valence-electron chi connectivity index (χ3n) is 2.56. The molecule has 0 bridgehead atoms. The number of benzene rings is 1. The number of hydrogen-bond donors (Lipinski definition) is 0. The van der Waals surface area contributed by atoms with Crippen LogP contribution in [0.25, 0.3) is 0 Å². The molecule has 0 saturated carbocycles. The van der Waals surface area contributed by atoms with Crippen molar-refractivity contribution in [3.63, 3.8) is 0 Å². The minimum atomic E-state index is -2.42. The number of halogens is 5. The molecule has 0 saturated heterocycles. The minimum absolute atomic E-state index is 0.103. The first-order chi connectivity index (χ1) is 12.6. The summed E-state index contributed by atoms with van der Waals surface area (Å²) in [7, 11) is 0. The van der Waals surface area contributed by atoms with Crippen molar-refractivity contribution in [1.82, 2.24) is 0 Å². The van der Waals surface area contributed by atoms with Crippen LogP contribution in [0.1, 0.15) is 33.6 Å². The standard InChI is InChI=1S/C8H19O2PS2.C6Cl5NO2/c1-4-7-12-11(9,10-6-3)13-8-5-2;7-1-2(8)4(10)6(12(13)14)5(11)3(1)9/h4-8H2,1-3H3;. The fourth-order valence-electron chi connectivity index (χ4n) is 1.43. The highest BCUT2D eigenvalue weighted by Gasteiger charge is 2.27. The van der Waals surface area contributed by atoms with Gasteiger partial charge in [-0.3, -0.25) is 14.7 Å². The Kier molecular flexibility index (Phi) is 14.6. The lowest BCUT2D eigenvalue weighted by Crippen LogP contribution is -1.92. The maximum Gasteiger partial charge on any atom is 0.313 e. The highest BCUT2D eigenvalue weighted by Crippen LogP contribution is 2.69. The van der Waals surface area contributed by atoms with Crippen LogP contribution in [0.2, 0.25) is 25.1 Å². The monoisotopic (exact) mass is 535 g/mol. The van der Waals surface area contributed by atoms with E-state index in [1.807, 2.05) is 6.92 Å². The molecule has 0 atom stereocenters. The van der Waals surface area contributed by atoms with E-state index in [-0.39, 0.29) is 25.1 Å². The van der Waals surface area contributed by atoms with Gasteiger partial charge < -0.3 is 4.52 Å². The Morgan fingerprint density at radius 2 is 1.26 bits per heavy atom. The van der Waals surface area contributed by atoms with Gasteiger partial charge in [-0.15, -0.1) is 0 Å². The van der Waals surface area contributed by atoms with Crippen molar-refractivity contribution >= 4 is 92.2 Å². The van der Waals surface area contributed by atoms with Crippen LogP contribution in [0.3, 0.4) is 0 Å². The molecule has 5 nitrogen and oxygen atoms in total. The first-order valence-electron chi connectivity index (χ1n) is 7.75. The number of rotatable bonds is 9. The van der Waals surface area contributed by atoms with Gasteiger partial charge in [0.25, 0.3) is 0 Å². The zero-order chi connectivity index (χ0) is 21.2. The van der Waals surface area contributed by atoms with Gasteiger partial charge in [0.2, 0.25) is 0 Å². The molecular weight excluding hydrogens is 519 g/mol. The maximum absolute atomic E-state index is 12.0. The lowest BCUT2D eigenvalue weighted by atomic mass is 10.3. The van der Waals surface area contributed by atoms with Crippen molar-refractivity contribution in [2.24, 2.45) is 0 Å². The molecule has 1 aromatic rings. The van der Waals surface area contributed by atoms with Gasteiger partial charge in [0.1, 0.15) is 10.0 Å². The molecule has 0 aliphatic heterocycles. The Labute approximate surface area is 192 Å². The van der Waals surface area contributed by atoms with Gasteiger partial charge in [0.15, 0.2) is 0 Å². The van der Waals surface area contributed by atoms with E-state index in [1.54, 1.807) is 0 Å². The molecule has 0 aliphatic rings. The molecule has 0 amide bonds. The van der Waals surface area contributed by atoms with Crippen LogP contribution in [0.15, 0.2) is 0 Å². The molecule has 0 N–H and O–H groups in total. The van der Waals surface area contributed by atoms with Crippen LogP contribution in [0.5, 0.6) is 0 Å². The predicted octanol–water partition coefficient (Wildman–Crippen LogP) is 9.28. The molecule has 0 aliphatic carbocycles. The molecule has 0 spiro atoms. The normalized spacial score (nSPS) is 11.1. The summed E-state index contributed by atoms with van der Waals surface area (Å²) in [6.45, 7) is 6.62. The van der Waals surface area contributed by atoms with Crippen LogP contribution >= 0.6 is 86.5 Å². The van der Waals surface area contributed by atoms with Crippen molar-refractivity contribution in [3.8, 4) is 0 Å². The predicted molar refractivity (Wildman–Crippen MR) is 123 cm³/mol. The lowest BCUT2D eigenvalue weighted by Gasteiger charge is -2.14. The van der Waals surface area contributed by atoms with Crippen LogP contribution in [-0.4, -0.2) is 23.0 Å². The summed E-state index contributed by atoms with van der Waals surface area (Å²) < 4.78 is 17.3. The zero-order valence-electron chi connectivity index (χ0n) is 14.8. The Morgan fingerprint density at radius 1 is 0.889 bits per heavy atom. The number of nitrogens with zero attached hydrogens (tertiary/aromatic N) is 1. The van der Waals surface area contributed by atoms with E-state index in [0.29, 0.717) is 6.61 Å². The smallest absolute Gasteiger partial charge is 0.313 e. The summed E-state index contributed by atoms with van der Waals surface area (Å²) in [4.78, 5) is 9.76. The second-order valence-electron chi connectivity index (χ2n) is 4.71. The summed E-state index contributed by atoms with van der Waals surface area (Å²) in [5.74, 6) is -0.570. The van der Waals surface area contributed by atoms with Gasteiger partial charge in [-0.1, -0.05) is 94.6 Å². The molecule has 1 rings (SSSR count). The molecule has 0 heterocycles. The van der Waals surface area contributed by atoms with Crippen LogP contribution in [-0.2, 0) is 9.09 Å². The fraction of sp³-hybridized carbons (Fsp3) is 0.571. The molecule has 0 fully saturated rings. The van der Waals surface area contributed by atoms with Crippen molar-refractivity contribution in [2.75, 3.05) is 18.1 Å². The summed E-state index contributed by atoms with van der Waals surface area (Å²) in [5, 5.41) is 9.41. The number of nitro groups is 1. The molecule has 0 radical (unpaired) electrons.